The van der Waals surface area contributed by atoms with Gasteiger partial charge >= 0.3 is 0 Å². The van der Waals surface area contributed by atoms with Gasteiger partial charge in [-0.25, -0.2) is 4.98 Å². The molecule has 0 radical (unpaired) electrons. The number of carbonyl (C=O) groups excluding carboxylic acids is 1. The zero-order chi connectivity index (χ0) is 23.8. The Bertz CT molecular complexity index is 1270. The number of halogens is 1. The monoisotopic (exact) mass is 478 g/mol. The smallest absolute Gasteiger partial charge is 0.267 e. The Kier molecular flexibility index (Phi) is 6.21. The molecule has 3 aromatic carbocycles. The van der Waals surface area contributed by atoms with Crippen LogP contribution >= 0.6 is 22.9 Å². The number of hydrogen-bond acceptors (Lipinski definition) is 4. The Labute approximate surface area is 203 Å². The van der Waals surface area contributed by atoms with Gasteiger partial charge < -0.3 is 10.1 Å². The molecule has 0 aliphatic heterocycles. The van der Waals surface area contributed by atoms with Gasteiger partial charge in [0, 0.05) is 11.3 Å². The third-order valence-corrected chi connectivity index (χ3v) is 6.79. The molecule has 0 unspecified atom stereocenters. The predicted molar refractivity (Wildman–Crippen MR) is 139 cm³/mol. The Morgan fingerprint density at radius 3 is 2.33 bits per heavy atom. The van der Waals surface area contributed by atoms with Gasteiger partial charge in [-0.15, -0.1) is 11.3 Å². The number of rotatable bonds is 5. The van der Waals surface area contributed by atoms with E-state index in [1.54, 1.807) is 37.3 Å². The van der Waals surface area contributed by atoms with Gasteiger partial charge in [0.25, 0.3) is 5.91 Å². The first-order chi connectivity index (χ1) is 15.5. The Balaban J connectivity index is 1.52. The van der Waals surface area contributed by atoms with E-state index in [9.17, 15) is 4.79 Å². The summed E-state index contributed by atoms with van der Waals surface area (Å²) in [5.41, 5.74) is 2.54. The molecular formula is C27H27ClN2O2S. The number of fused-ring (bicyclic) bond motifs is 1. The highest BCUT2D eigenvalue weighted by atomic mass is 35.5. The van der Waals surface area contributed by atoms with E-state index in [0.717, 1.165) is 20.8 Å². The topological polar surface area (TPSA) is 51.2 Å². The third kappa shape index (κ3) is 5.21. The van der Waals surface area contributed by atoms with Gasteiger partial charge in [-0.05, 0) is 67.3 Å². The zero-order valence-corrected chi connectivity index (χ0v) is 21.0. The average Bonchev–Trinajstić information content (AvgIpc) is 3.18. The number of carbonyl (C=O) groups is 1. The third-order valence-electron chi connectivity index (χ3n) is 5.39. The van der Waals surface area contributed by atoms with E-state index in [2.05, 4.69) is 31.1 Å². The Morgan fingerprint density at radius 2 is 1.67 bits per heavy atom. The van der Waals surface area contributed by atoms with Crippen molar-refractivity contribution in [1.29, 1.82) is 0 Å². The van der Waals surface area contributed by atoms with E-state index in [4.69, 9.17) is 16.3 Å². The highest BCUT2D eigenvalue weighted by Gasteiger charge is 2.30. The van der Waals surface area contributed by atoms with Gasteiger partial charge in [-0.3, -0.25) is 4.79 Å². The molecule has 6 heteroatoms. The van der Waals surface area contributed by atoms with Gasteiger partial charge in [-0.2, -0.15) is 0 Å². The van der Waals surface area contributed by atoms with Gasteiger partial charge in [-0.1, -0.05) is 56.6 Å². The number of nitrogens with zero attached hydrogens (tertiary/aromatic N) is 1. The highest BCUT2D eigenvalue weighted by molar-refractivity contribution is 7.21. The summed E-state index contributed by atoms with van der Waals surface area (Å²) in [6.45, 7) is 9.99. The summed E-state index contributed by atoms with van der Waals surface area (Å²) >= 11 is 8.04. The van der Waals surface area contributed by atoms with Crippen molar-refractivity contribution in [3.05, 3.63) is 77.3 Å². The summed E-state index contributed by atoms with van der Waals surface area (Å²) in [7, 11) is 0. The average molecular weight is 479 g/mol. The first-order valence-corrected chi connectivity index (χ1v) is 12.0. The minimum Gasteiger partial charge on any atom is -0.478 e. The molecule has 1 heterocycles. The van der Waals surface area contributed by atoms with E-state index in [1.807, 2.05) is 54.6 Å². The van der Waals surface area contributed by atoms with Crippen molar-refractivity contribution >= 4 is 44.7 Å². The zero-order valence-electron chi connectivity index (χ0n) is 19.4. The standard InChI is InChI=1S/C27H27ClN2O2S/c1-26(2,3)17-10-13-19(14-11-17)32-27(4,5)25(31)29-18-12-15-21(28)20(16-18)24-30-22-8-6-7-9-23(22)33-24/h6-16H,1-5H3,(H,29,31). The van der Waals surface area contributed by atoms with Crippen LogP contribution in [0.2, 0.25) is 5.02 Å². The molecule has 0 aliphatic rings. The van der Waals surface area contributed by atoms with Crippen LogP contribution < -0.4 is 10.1 Å². The van der Waals surface area contributed by atoms with Crippen molar-refractivity contribution in [3.63, 3.8) is 0 Å². The fourth-order valence-corrected chi connectivity index (χ4v) is 4.66. The normalized spacial score (nSPS) is 12.1. The van der Waals surface area contributed by atoms with Gasteiger partial charge in [0.15, 0.2) is 5.60 Å². The first-order valence-electron chi connectivity index (χ1n) is 10.8. The molecule has 0 spiro atoms. The van der Waals surface area contributed by atoms with Gasteiger partial charge in [0.05, 0.1) is 15.2 Å². The lowest BCUT2D eigenvalue weighted by atomic mass is 9.87. The van der Waals surface area contributed by atoms with E-state index in [1.165, 1.54) is 5.56 Å². The number of ether oxygens (including phenoxy) is 1. The number of anilines is 1. The summed E-state index contributed by atoms with van der Waals surface area (Å²) < 4.78 is 7.12. The molecular weight excluding hydrogens is 452 g/mol. The van der Waals surface area contributed by atoms with Crippen molar-refractivity contribution in [2.45, 2.75) is 45.6 Å². The molecule has 0 fully saturated rings. The van der Waals surface area contributed by atoms with Crippen LogP contribution in [0.5, 0.6) is 5.75 Å². The fourth-order valence-electron chi connectivity index (χ4n) is 3.40. The van der Waals surface area contributed by atoms with E-state index in [0.29, 0.717) is 16.5 Å². The maximum atomic E-state index is 13.1. The molecule has 4 nitrogen and oxygen atoms in total. The van der Waals surface area contributed by atoms with Crippen LogP contribution in [0.25, 0.3) is 20.8 Å². The molecule has 1 amide bonds. The number of amides is 1. The van der Waals surface area contributed by atoms with Crippen LogP contribution in [-0.2, 0) is 10.2 Å². The van der Waals surface area contributed by atoms with Crippen LogP contribution in [0.3, 0.4) is 0 Å². The summed E-state index contributed by atoms with van der Waals surface area (Å²) in [4.78, 5) is 17.7. The van der Waals surface area contributed by atoms with E-state index in [-0.39, 0.29) is 11.3 Å². The number of thiazole rings is 1. The predicted octanol–water partition coefficient (Wildman–Crippen LogP) is 7.71. The molecule has 170 valence electrons. The lowest BCUT2D eigenvalue weighted by Gasteiger charge is -2.26. The molecule has 4 rings (SSSR count). The van der Waals surface area contributed by atoms with E-state index >= 15 is 0 Å². The maximum Gasteiger partial charge on any atom is 0.267 e. The highest BCUT2D eigenvalue weighted by Crippen LogP contribution is 2.36. The van der Waals surface area contributed by atoms with Crippen molar-refractivity contribution < 1.29 is 9.53 Å². The lowest BCUT2D eigenvalue weighted by molar-refractivity contribution is -0.128. The van der Waals surface area contributed by atoms with Crippen molar-refractivity contribution in [1.82, 2.24) is 4.98 Å². The fraction of sp³-hybridized carbons (Fsp3) is 0.259. The molecule has 0 aliphatic carbocycles. The SMILES string of the molecule is CC(C)(Oc1ccc(C(C)(C)C)cc1)C(=O)Nc1ccc(Cl)c(-c2nc3ccccc3s2)c1. The quantitative estimate of drug-likeness (QED) is 0.319. The second-order valence-corrected chi connectivity index (χ2v) is 11.0. The second kappa shape index (κ2) is 8.81. The van der Waals surface area contributed by atoms with Crippen LogP contribution in [0, 0.1) is 0 Å². The van der Waals surface area contributed by atoms with Crippen LogP contribution in [0.1, 0.15) is 40.2 Å². The van der Waals surface area contributed by atoms with Gasteiger partial charge in [0.1, 0.15) is 10.8 Å². The maximum absolute atomic E-state index is 13.1. The molecule has 0 bridgehead atoms. The molecule has 0 saturated carbocycles. The molecule has 1 N–H and O–H groups in total. The van der Waals surface area contributed by atoms with Crippen LogP contribution in [-0.4, -0.2) is 16.5 Å². The van der Waals surface area contributed by atoms with E-state index < -0.39 is 5.60 Å². The van der Waals surface area contributed by atoms with Crippen molar-refractivity contribution in [2.24, 2.45) is 0 Å². The van der Waals surface area contributed by atoms with Crippen molar-refractivity contribution in [3.8, 4) is 16.3 Å². The molecule has 1 aromatic heterocycles. The largest absolute Gasteiger partial charge is 0.478 e. The molecule has 0 saturated heterocycles. The first kappa shape index (κ1) is 23.3. The van der Waals surface area contributed by atoms with Gasteiger partial charge in [0.2, 0.25) is 0 Å². The van der Waals surface area contributed by atoms with Crippen LogP contribution in [0.4, 0.5) is 5.69 Å². The number of benzene rings is 3. The summed E-state index contributed by atoms with van der Waals surface area (Å²) in [6, 6.07) is 21.2. The van der Waals surface area contributed by atoms with Crippen LogP contribution in [0.15, 0.2) is 66.7 Å². The Morgan fingerprint density at radius 1 is 0.970 bits per heavy atom. The molecule has 4 aromatic rings. The minimum atomic E-state index is -1.07. The lowest BCUT2D eigenvalue weighted by Crippen LogP contribution is -2.42. The summed E-state index contributed by atoms with van der Waals surface area (Å²) in [5.74, 6) is 0.398. The number of nitrogens with one attached hydrogen (secondary N) is 1. The number of hydrogen-bond donors (Lipinski definition) is 1. The number of para-hydroxylation sites is 1. The number of aromatic nitrogens is 1. The summed E-state index contributed by atoms with van der Waals surface area (Å²) in [5, 5.41) is 4.36. The minimum absolute atomic E-state index is 0.0565. The molecule has 0 atom stereocenters. The van der Waals surface area contributed by atoms with Crippen molar-refractivity contribution in [2.75, 3.05) is 5.32 Å². The Hall–Kier alpha value is -2.89. The molecule has 33 heavy (non-hydrogen) atoms. The summed E-state index contributed by atoms with van der Waals surface area (Å²) in [6.07, 6.45) is 0. The second-order valence-electron chi connectivity index (χ2n) is 9.52.